The lowest BCUT2D eigenvalue weighted by atomic mass is 10.5. The molecule has 0 unspecified atom stereocenters. The Morgan fingerprint density at radius 3 is 2.44 bits per heavy atom. The monoisotopic (exact) mass is 250 g/mol. The summed E-state index contributed by atoms with van der Waals surface area (Å²) in [5.74, 6) is 0. The molecule has 0 saturated heterocycles. The summed E-state index contributed by atoms with van der Waals surface area (Å²) in [6, 6.07) is 3.98. The molecule has 3 heteroatoms. The molecule has 0 N–H and O–H groups in total. The van der Waals surface area contributed by atoms with E-state index in [1.165, 1.54) is 0 Å². The zero-order valence-electron chi connectivity index (χ0n) is 4.94. The second kappa shape index (κ2) is 2.80. The van der Waals surface area contributed by atoms with Crippen molar-refractivity contribution in [3.05, 3.63) is 27.4 Å². The second-order valence-corrected chi connectivity index (χ2v) is 3.51. The standard InChI is InChI=1S/C6H6Br2N/c1-9-4-5(7)2-3-6(9)8/h2-4H,1H3/q+1. The van der Waals surface area contributed by atoms with Crippen LogP contribution in [0.5, 0.6) is 0 Å². The summed E-state index contributed by atoms with van der Waals surface area (Å²) in [5.41, 5.74) is 0. The van der Waals surface area contributed by atoms with Crippen LogP contribution in [0.1, 0.15) is 0 Å². The summed E-state index contributed by atoms with van der Waals surface area (Å²) < 4.78 is 4.16. The number of nitrogens with zero attached hydrogens (tertiary/aromatic N) is 1. The third-order valence-electron chi connectivity index (χ3n) is 1.03. The smallest absolute Gasteiger partial charge is 0.194 e. The minimum atomic E-state index is 1.07. The molecule has 0 saturated carbocycles. The van der Waals surface area contributed by atoms with Gasteiger partial charge in [0.25, 0.3) is 0 Å². The lowest BCUT2D eigenvalue weighted by Gasteiger charge is -1.89. The van der Waals surface area contributed by atoms with E-state index in [-0.39, 0.29) is 0 Å². The van der Waals surface area contributed by atoms with Crippen molar-refractivity contribution in [1.82, 2.24) is 0 Å². The zero-order chi connectivity index (χ0) is 6.85. The Kier molecular flexibility index (Phi) is 2.24. The van der Waals surface area contributed by atoms with Crippen LogP contribution < -0.4 is 4.57 Å². The lowest BCUT2D eigenvalue weighted by molar-refractivity contribution is -0.683. The van der Waals surface area contributed by atoms with Crippen LogP contribution in [0, 0.1) is 0 Å². The first kappa shape index (κ1) is 7.22. The number of hydrogen-bond donors (Lipinski definition) is 0. The van der Waals surface area contributed by atoms with Crippen molar-refractivity contribution in [2.75, 3.05) is 0 Å². The molecule has 48 valence electrons. The molecule has 0 spiro atoms. The number of aromatic nitrogens is 1. The highest BCUT2D eigenvalue weighted by Gasteiger charge is 1.99. The number of rotatable bonds is 0. The van der Waals surface area contributed by atoms with Crippen LogP contribution in [0.25, 0.3) is 0 Å². The Morgan fingerprint density at radius 1 is 1.33 bits per heavy atom. The fourth-order valence-electron chi connectivity index (χ4n) is 0.556. The molecule has 0 atom stereocenters. The van der Waals surface area contributed by atoms with Gasteiger partial charge in [-0.15, -0.1) is 0 Å². The van der Waals surface area contributed by atoms with Crippen LogP contribution in [0.2, 0.25) is 0 Å². The first-order chi connectivity index (χ1) is 4.20. The van der Waals surface area contributed by atoms with Gasteiger partial charge in [-0.25, -0.2) is 0 Å². The van der Waals surface area contributed by atoms with Gasteiger partial charge in [-0.3, -0.25) is 0 Å². The lowest BCUT2D eigenvalue weighted by Crippen LogP contribution is -2.28. The number of halogens is 2. The number of aryl methyl sites for hydroxylation is 1. The first-order valence-electron chi connectivity index (χ1n) is 2.51. The highest BCUT2D eigenvalue weighted by Crippen LogP contribution is 2.08. The van der Waals surface area contributed by atoms with E-state index in [1.54, 1.807) is 0 Å². The van der Waals surface area contributed by atoms with Crippen LogP contribution in [-0.2, 0) is 7.05 Å². The predicted octanol–water partition coefficient (Wildman–Crippen LogP) is 2.04. The maximum absolute atomic E-state index is 3.37. The number of hydrogen-bond acceptors (Lipinski definition) is 0. The van der Waals surface area contributed by atoms with Crippen molar-refractivity contribution >= 4 is 31.9 Å². The average molecular weight is 252 g/mol. The van der Waals surface area contributed by atoms with E-state index in [2.05, 4.69) is 31.9 Å². The fourth-order valence-corrected chi connectivity index (χ4v) is 1.23. The van der Waals surface area contributed by atoms with E-state index >= 15 is 0 Å². The van der Waals surface area contributed by atoms with E-state index in [0.717, 1.165) is 9.08 Å². The zero-order valence-corrected chi connectivity index (χ0v) is 8.11. The molecule has 1 aromatic heterocycles. The van der Waals surface area contributed by atoms with Gasteiger partial charge in [0.1, 0.15) is 7.05 Å². The molecule has 0 fully saturated rings. The predicted molar refractivity (Wildman–Crippen MR) is 43.0 cm³/mol. The van der Waals surface area contributed by atoms with E-state index in [0.29, 0.717) is 0 Å². The van der Waals surface area contributed by atoms with Crippen molar-refractivity contribution in [3.8, 4) is 0 Å². The van der Waals surface area contributed by atoms with E-state index in [9.17, 15) is 0 Å². The van der Waals surface area contributed by atoms with Crippen molar-refractivity contribution in [2.45, 2.75) is 0 Å². The molecule has 9 heavy (non-hydrogen) atoms. The Morgan fingerprint density at radius 2 is 2.00 bits per heavy atom. The van der Waals surface area contributed by atoms with E-state index in [1.807, 2.05) is 29.9 Å². The van der Waals surface area contributed by atoms with Gasteiger partial charge in [-0.2, -0.15) is 4.57 Å². The van der Waals surface area contributed by atoms with Gasteiger partial charge < -0.3 is 0 Å². The summed E-state index contributed by atoms with van der Waals surface area (Å²) in [7, 11) is 1.98. The molecule has 0 radical (unpaired) electrons. The fraction of sp³-hybridized carbons (Fsp3) is 0.167. The molecule has 0 aliphatic rings. The molecule has 0 bridgehead atoms. The van der Waals surface area contributed by atoms with Crippen LogP contribution in [0.15, 0.2) is 27.4 Å². The minimum Gasteiger partial charge on any atom is -0.194 e. The third kappa shape index (κ3) is 1.76. The van der Waals surface area contributed by atoms with Crippen LogP contribution >= 0.6 is 31.9 Å². The average Bonchev–Trinajstić information content (AvgIpc) is 1.80. The van der Waals surface area contributed by atoms with Crippen molar-refractivity contribution in [3.63, 3.8) is 0 Å². The second-order valence-electron chi connectivity index (χ2n) is 1.78. The molecule has 0 aromatic carbocycles. The van der Waals surface area contributed by atoms with E-state index in [4.69, 9.17) is 0 Å². The minimum absolute atomic E-state index is 1.07. The Labute approximate surface area is 71.0 Å². The van der Waals surface area contributed by atoms with Gasteiger partial charge in [0.05, 0.1) is 4.47 Å². The van der Waals surface area contributed by atoms with Gasteiger partial charge in [0, 0.05) is 22.0 Å². The van der Waals surface area contributed by atoms with Crippen LogP contribution in [0.4, 0.5) is 0 Å². The maximum atomic E-state index is 3.37. The quantitative estimate of drug-likeness (QED) is 0.491. The topological polar surface area (TPSA) is 3.88 Å². The third-order valence-corrected chi connectivity index (χ3v) is 2.33. The molecule has 1 aromatic rings. The van der Waals surface area contributed by atoms with Gasteiger partial charge >= 0.3 is 0 Å². The largest absolute Gasteiger partial charge is 0.247 e. The highest BCUT2D eigenvalue weighted by atomic mass is 79.9. The van der Waals surface area contributed by atoms with Crippen molar-refractivity contribution < 1.29 is 4.57 Å². The molecule has 1 heterocycles. The van der Waals surface area contributed by atoms with Gasteiger partial charge in [-0.1, -0.05) is 0 Å². The Hall–Kier alpha value is 0.110. The van der Waals surface area contributed by atoms with Gasteiger partial charge in [0.15, 0.2) is 6.20 Å². The summed E-state index contributed by atoms with van der Waals surface area (Å²) in [6.45, 7) is 0. The molecular weight excluding hydrogens is 246 g/mol. The summed E-state index contributed by atoms with van der Waals surface area (Å²) in [5, 5.41) is 0. The normalized spacial score (nSPS) is 9.67. The maximum Gasteiger partial charge on any atom is 0.247 e. The van der Waals surface area contributed by atoms with Crippen LogP contribution in [0.3, 0.4) is 0 Å². The molecule has 1 nitrogen and oxygen atoms in total. The number of pyridine rings is 1. The van der Waals surface area contributed by atoms with Crippen LogP contribution in [-0.4, -0.2) is 0 Å². The van der Waals surface area contributed by atoms with Gasteiger partial charge in [-0.05, 0) is 22.0 Å². The molecule has 0 aliphatic carbocycles. The molecule has 1 rings (SSSR count). The highest BCUT2D eigenvalue weighted by molar-refractivity contribution is 9.10. The molecule has 0 aliphatic heterocycles. The molecule has 0 amide bonds. The summed E-state index contributed by atoms with van der Waals surface area (Å²) >= 11 is 6.73. The van der Waals surface area contributed by atoms with Crippen molar-refractivity contribution in [1.29, 1.82) is 0 Å². The Balaban J connectivity index is 3.17. The van der Waals surface area contributed by atoms with Gasteiger partial charge in [0.2, 0.25) is 4.60 Å². The first-order valence-corrected chi connectivity index (χ1v) is 4.09. The summed E-state index contributed by atoms with van der Waals surface area (Å²) in [6.07, 6.45) is 1.99. The van der Waals surface area contributed by atoms with E-state index < -0.39 is 0 Å². The Bertz CT molecular complexity index is 222. The summed E-state index contributed by atoms with van der Waals surface area (Å²) in [4.78, 5) is 0. The SMILES string of the molecule is C[n+]1cc(Br)ccc1Br. The van der Waals surface area contributed by atoms with Crippen molar-refractivity contribution in [2.24, 2.45) is 7.05 Å². The molecular formula is C6H6Br2N+.